The minimum Gasteiger partial charge on any atom is -0.438 e. The van der Waals surface area contributed by atoms with E-state index < -0.39 is 0 Å². The van der Waals surface area contributed by atoms with Crippen LogP contribution < -0.4 is 10.5 Å². The zero-order valence-corrected chi connectivity index (χ0v) is 12.9. The second kappa shape index (κ2) is 5.72. The van der Waals surface area contributed by atoms with Gasteiger partial charge in [0.1, 0.15) is 5.75 Å². The van der Waals surface area contributed by atoms with Gasteiger partial charge in [-0.15, -0.1) is 0 Å². The van der Waals surface area contributed by atoms with Crippen LogP contribution >= 0.6 is 15.9 Å². The van der Waals surface area contributed by atoms with Crippen molar-refractivity contribution in [1.82, 2.24) is 4.98 Å². The molecule has 1 aromatic heterocycles. The molecule has 2 aromatic rings. The Labute approximate surface area is 121 Å². The van der Waals surface area contributed by atoms with E-state index >= 15 is 0 Å². The van der Waals surface area contributed by atoms with Gasteiger partial charge in [-0.1, -0.05) is 22.0 Å². The van der Waals surface area contributed by atoms with Crippen LogP contribution in [0.25, 0.3) is 0 Å². The molecule has 0 aliphatic heterocycles. The molecule has 0 unspecified atom stereocenters. The summed E-state index contributed by atoms with van der Waals surface area (Å²) >= 11 is 3.45. The van der Waals surface area contributed by atoms with Crippen molar-refractivity contribution < 1.29 is 4.74 Å². The van der Waals surface area contributed by atoms with Crippen LogP contribution in [0.3, 0.4) is 0 Å². The highest BCUT2D eigenvalue weighted by Gasteiger charge is 2.11. The molecule has 0 saturated carbocycles. The standard InChI is InChI=1S/C15H17BrN2O/c1-9-4-5-12(16)7-14(9)19-15-13(8-17)10(2)6-11(3)18-15/h4-7H,8,17H2,1-3H3. The number of aromatic nitrogens is 1. The number of hydrogen-bond donors (Lipinski definition) is 1. The van der Waals surface area contributed by atoms with Gasteiger partial charge in [-0.25, -0.2) is 4.98 Å². The topological polar surface area (TPSA) is 48.1 Å². The molecule has 0 atom stereocenters. The molecule has 2 rings (SSSR count). The van der Waals surface area contributed by atoms with Crippen LogP contribution in [0.4, 0.5) is 0 Å². The zero-order chi connectivity index (χ0) is 14.0. The fourth-order valence-electron chi connectivity index (χ4n) is 1.95. The van der Waals surface area contributed by atoms with E-state index in [4.69, 9.17) is 10.5 Å². The molecule has 0 bridgehead atoms. The number of benzene rings is 1. The number of pyridine rings is 1. The van der Waals surface area contributed by atoms with E-state index in [1.165, 1.54) is 0 Å². The molecule has 0 spiro atoms. The Morgan fingerprint density at radius 2 is 1.89 bits per heavy atom. The van der Waals surface area contributed by atoms with E-state index in [0.717, 1.165) is 32.6 Å². The van der Waals surface area contributed by atoms with Crippen molar-refractivity contribution in [3.63, 3.8) is 0 Å². The number of ether oxygens (including phenoxy) is 1. The minimum absolute atomic E-state index is 0.418. The van der Waals surface area contributed by atoms with Crippen molar-refractivity contribution in [2.75, 3.05) is 0 Å². The predicted molar refractivity (Wildman–Crippen MR) is 80.6 cm³/mol. The molecule has 0 fully saturated rings. The van der Waals surface area contributed by atoms with Gasteiger partial charge < -0.3 is 10.5 Å². The molecule has 0 radical (unpaired) electrons. The molecule has 100 valence electrons. The predicted octanol–water partition coefficient (Wildman–Crippen LogP) is 4.02. The highest BCUT2D eigenvalue weighted by Crippen LogP contribution is 2.30. The fourth-order valence-corrected chi connectivity index (χ4v) is 2.29. The first-order valence-electron chi connectivity index (χ1n) is 6.12. The van der Waals surface area contributed by atoms with Crippen LogP contribution in [0.1, 0.15) is 22.4 Å². The Kier molecular flexibility index (Phi) is 4.22. The van der Waals surface area contributed by atoms with E-state index in [1.54, 1.807) is 0 Å². The highest BCUT2D eigenvalue weighted by molar-refractivity contribution is 9.10. The Morgan fingerprint density at radius 1 is 1.16 bits per heavy atom. The van der Waals surface area contributed by atoms with Gasteiger partial charge in [0.05, 0.1) is 0 Å². The van der Waals surface area contributed by atoms with Crippen LogP contribution in [-0.2, 0) is 6.54 Å². The van der Waals surface area contributed by atoms with Gasteiger partial charge in [0.15, 0.2) is 0 Å². The molecule has 1 heterocycles. The molecule has 1 aromatic carbocycles. The van der Waals surface area contributed by atoms with Gasteiger partial charge in [0, 0.05) is 22.3 Å². The van der Waals surface area contributed by atoms with Gasteiger partial charge in [-0.3, -0.25) is 0 Å². The first-order valence-corrected chi connectivity index (χ1v) is 6.91. The number of rotatable bonds is 3. The maximum absolute atomic E-state index is 5.95. The molecule has 0 saturated heterocycles. The highest BCUT2D eigenvalue weighted by atomic mass is 79.9. The average molecular weight is 321 g/mol. The van der Waals surface area contributed by atoms with Crippen LogP contribution in [0.2, 0.25) is 0 Å². The average Bonchev–Trinajstić information content (AvgIpc) is 2.33. The van der Waals surface area contributed by atoms with E-state index in [0.29, 0.717) is 12.4 Å². The molecule has 4 heteroatoms. The maximum Gasteiger partial charge on any atom is 0.224 e. The first kappa shape index (κ1) is 14.0. The molecular formula is C15H17BrN2O. The summed E-state index contributed by atoms with van der Waals surface area (Å²) in [5, 5.41) is 0. The van der Waals surface area contributed by atoms with E-state index in [1.807, 2.05) is 45.0 Å². The maximum atomic E-state index is 5.95. The smallest absolute Gasteiger partial charge is 0.224 e. The van der Waals surface area contributed by atoms with E-state index in [2.05, 4.69) is 20.9 Å². The first-order chi connectivity index (χ1) is 9.01. The number of nitrogens with zero attached hydrogens (tertiary/aromatic N) is 1. The summed E-state index contributed by atoms with van der Waals surface area (Å²) in [5.74, 6) is 1.39. The molecule has 0 amide bonds. The van der Waals surface area contributed by atoms with Gasteiger partial charge >= 0.3 is 0 Å². The third-order valence-corrected chi connectivity index (χ3v) is 3.49. The van der Waals surface area contributed by atoms with Crippen molar-refractivity contribution >= 4 is 15.9 Å². The second-order valence-corrected chi connectivity index (χ2v) is 5.50. The number of aryl methyl sites for hydroxylation is 3. The Morgan fingerprint density at radius 3 is 2.58 bits per heavy atom. The Bertz CT molecular complexity index is 611. The quantitative estimate of drug-likeness (QED) is 0.929. The van der Waals surface area contributed by atoms with Crippen molar-refractivity contribution in [1.29, 1.82) is 0 Å². The summed E-state index contributed by atoms with van der Waals surface area (Å²) in [6, 6.07) is 7.95. The Balaban J connectivity index is 2.45. The largest absolute Gasteiger partial charge is 0.438 e. The lowest BCUT2D eigenvalue weighted by molar-refractivity contribution is 0.450. The minimum atomic E-state index is 0.418. The zero-order valence-electron chi connectivity index (χ0n) is 11.3. The van der Waals surface area contributed by atoms with Gasteiger partial charge in [-0.2, -0.15) is 0 Å². The summed E-state index contributed by atoms with van der Waals surface area (Å²) in [5.41, 5.74) is 9.84. The normalized spacial score (nSPS) is 10.6. The molecule has 3 nitrogen and oxygen atoms in total. The van der Waals surface area contributed by atoms with Crippen molar-refractivity contribution in [3.05, 3.63) is 51.1 Å². The summed E-state index contributed by atoms with van der Waals surface area (Å²) < 4.78 is 6.93. The fraction of sp³-hybridized carbons (Fsp3) is 0.267. The SMILES string of the molecule is Cc1cc(C)c(CN)c(Oc2cc(Br)ccc2C)n1. The van der Waals surface area contributed by atoms with E-state index in [9.17, 15) is 0 Å². The third kappa shape index (κ3) is 3.14. The monoisotopic (exact) mass is 320 g/mol. The third-order valence-electron chi connectivity index (χ3n) is 3.00. The van der Waals surface area contributed by atoms with Gasteiger partial charge in [0.2, 0.25) is 5.88 Å². The molecular weight excluding hydrogens is 304 g/mol. The van der Waals surface area contributed by atoms with Gasteiger partial charge in [-0.05, 0) is 50.1 Å². The second-order valence-electron chi connectivity index (χ2n) is 4.58. The molecule has 0 aliphatic carbocycles. The summed E-state index contributed by atoms with van der Waals surface area (Å²) in [6.45, 7) is 6.40. The molecule has 0 aliphatic rings. The van der Waals surface area contributed by atoms with Crippen molar-refractivity contribution in [3.8, 4) is 11.6 Å². The summed E-state index contributed by atoms with van der Waals surface area (Å²) in [4.78, 5) is 4.45. The Hall–Kier alpha value is -1.39. The molecule has 19 heavy (non-hydrogen) atoms. The lowest BCUT2D eigenvalue weighted by Crippen LogP contribution is -2.05. The van der Waals surface area contributed by atoms with Crippen LogP contribution in [0.15, 0.2) is 28.7 Å². The number of nitrogens with two attached hydrogens (primary N) is 1. The lowest BCUT2D eigenvalue weighted by Gasteiger charge is -2.14. The molecule has 2 N–H and O–H groups in total. The van der Waals surface area contributed by atoms with Crippen LogP contribution in [-0.4, -0.2) is 4.98 Å². The van der Waals surface area contributed by atoms with Crippen molar-refractivity contribution in [2.45, 2.75) is 27.3 Å². The van der Waals surface area contributed by atoms with E-state index in [-0.39, 0.29) is 0 Å². The van der Waals surface area contributed by atoms with Gasteiger partial charge in [0.25, 0.3) is 0 Å². The van der Waals surface area contributed by atoms with Crippen LogP contribution in [0.5, 0.6) is 11.6 Å². The lowest BCUT2D eigenvalue weighted by atomic mass is 10.1. The van der Waals surface area contributed by atoms with Crippen LogP contribution in [0, 0.1) is 20.8 Å². The summed E-state index contributed by atoms with van der Waals surface area (Å²) in [7, 11) is 0. The van der Waals surface area contributed by atoms with Crippen molar-refractivity contribution in [2.24, 2.45) is 5.73 Å². The summed E-state index contributed by atoms with van der Waals surface area (Å²) in [6.07, 6.45) is 0. The number of halogens is 1. The number of hydrogen-bond acceptors (Lipinski definition) is 3.